The number of hydrogen-bond donors (Lipinski definition) is 3. The Balaban J connectivity index is 1.26. The number of rotatable bonds is 5. The average molecular weight is 742 g/mol. The lowest BCUT2D eigenvalue weighted by atomic mass is 10.0. The lowest BCUT2D eigenvalue weighted by Gasteiger charge is -2.29. The van der Waals surface area contributed by atoms with Crippen LogP contribution < -0.4 is 16.0 Å². The second-order valence-electron chi connectivity index (χ2n) is 14.0. The number of benzene rings is 2. The van der Waals surface area contributed by atoms with Crippen LogP contribution in [0.2, 0.25) is 0 Å². The van der Waals surface area contributed by atoms with Crippen LogP contribution in [0.5, 0.6) is 0 Å². The molecule has 14 heteroatoms. The molecule has 4 amide bonds. The fourth-order valence-corrected chi connectivity index (χ4v) is 9.17. The van der Waals surface area contributed by atoms with E-state index >= 15 is 0 Å². The van der Waals surface area contributed by atoms with Crippen molar-refractivity contribution in [2.75, 3.05) is 12.3 Å². The summed E-state index contributed by atoms with van der Waals surface area (Å²) in [5, 5.41) is 12.2. The molecule has 0 aliphatic carbocycles. The number of thiazole rings is 1. The fraction of sp³-hybridized carbons (Fsp3) is 0.447. The van der Waals surface area contributed by atoms with Crippen molar-refractivity contribution in [3.63, 3.8) is 0 Å². The second kappa shape index (κ2) is 15.6. The van der Waals surface area contributed by atoms with Gasteiger partial charge in [0.1, 0.15) is 34.9 Å². The molecule has 1 saturated heterocycles. The van der Waals surface area contributed by atoms with Crippen molar-refractivity contribution in [3.05, 3.63) is 87.9 Å². The standard InChI is InChI=1S/C38H43N7O5S2/c1-21(2)30-37-42-28(20-52-37)32(46)39-25(17-23-11-6-4-7-12-23)36-41-27(19-51-36)33(47)40-26(18-24-13-8-5-9-14-24)38(49)45-16-10-15-29(45)35-44-31(22(3)50-35)34(48)43-30/h4-9,11-14,19,21-22,25-26,28-31H,10,15-18,20H2,1-3H3,(H,39,46)(H,40,47)(H,43,48)/t22-,25+,26+,28+,29+,30-,31+/m1/s1. The Labute approximate surface area is 311 Å². The number of aliphatic imine (C=N–C) groups is 2. The molecule has 2 aromatic carbocycles. The van der Waals surface area contributed by atoms with Crippen LogP contribution in [-0.4, -0.2) is 93.1 Å². The van der Waals surface area contributed by atoms with Crippen molar-refractivity contribution in [1.82, 2.24) is 25.8 Å². The Bertz CT molecular complexity index is 1870. The van der Waals surface area contributed by atoms with E-state index in [0.717, 1.165) is 17.5 Å². The summed E-state index contributed by atoms with van der Waals surface area (Å²) < 4.78 is 6.20. The van der Waals surface area contributed by atoms with Gasteiger partial charge in [0.2, 0.25) is 23.6 Å². The molecule has 3 aromatic rings. The number of thioether (sulfide) groups is 1. The van der Waals surface area contributed by atoms with Crippen LogP contribution >= 0.6 is 23.1 Å². The number of nitrogens with one attached hydrogen (secondary N) is 3. The molecule has 5 heterocycles. The second-order valence-corrected chi connectivity index (χ2v) is 15.9. The molecule has 1 aromatic heterocycles. The van der Waals surface area contributed by atoms with Gasteiger partial charge >= 0.3 is 0 Å². The van der Waals surface area contributed by atoms with E-state index in [1.165, 1.54) is 23.1 Å². The van der Waals surface area contributed by atoms with Crippen molar-refractivity contribution in [2.45, 2.75) is 88.8 Å². The van der Waals surface area contributed by atoms with Crippen LogP contribution in [0.4, 0.5) is 0 Å². The van der Waals surface area contributed by atoms with Gasteiger partial charge in [-0.15, -0.1) is 23.1 Å². The van der Waals surface area contributed by atoms with Crippen molar-refractivity contribution < 1.29 is 23.9 Å². The van der Waals surface area contributed by atoms with Gasteiger partial charge in [0.25, 0.3) is 5.91 Å². The monoisotopic (exact) mass is 741 g/mol. The third-order valence-electron chi connectivity index (χ3n) is 9.85. The molecule has 52 heavy (non-hydrogen) atoms. The molecule has 7 atom stereocenters. The maximum absolute atomic E-state index is 14.4. The van der Waals surface area contributed by atoms with Gasteiger partial charge in [-0.25, -0.2) is 9.98 Å². The van der Waals surface area contributed by atoms with Crippen molar-refractivity contribution in [2.24, 2.45) is 15.9 Å². The Morgan fingerprint density at radius 3 is 2.27 bits per heavy atom. The van der Waals surface area contributed by atoms with Gasteiger partial charge in [0.05, 0.1) is 17.1 Å². The summed E-state index contributed by atoms with van der Waals surface area (Å²) in [7, 11) is 0. The fourth-order valence-electron chi connectivity index (χ4n) is 7.05. The Morgan fingerprint density at radius 1 is 0.885 bits per heavy atom. The molecule has 7 rings (SSSR count). The number of ether oxygens (including phenoxy) is 1. The van der Waals surface area contributed by atoms with Crippen molar-refractivity contribution in [1.29, 1.82) is 0 Å². The maximum atomic E-state index is 14.4. The van der Waals surface area contributed by atoms with E-state index < -0.39 is 48.3 Å². The Kier molecular flexibility index (Phi) is 10.7. The lowest BCUT2D eigenvalue weighted by molar-refractivity contribution is -0.133. The van der Waals surface area contributed by atoms with Gasteiger partial charge in [-0.1, -0.05) is 74.5 Å². The molecule has 6 bridgehead atoms. The molecule has 12 nitrogen and oxygen atoms in total. The number of carbonyl (C=O) groups excluding carboxylic acids is 4. The molecule has 0 radical (unpaired) electrons. The molecule has 0 saturated carbocycles. The van der Waals surface area contributed by atoms with E-state index in [1.54, 1.807) is 17.2 Å². The summed E-state index contributed by atoms with van der Waals surface area (Å²) in [6, 6.07) is 15.6. The summed E-state index contributed by atoms with van der Waals surface area (Å²) in [6.07, 6.45) is 1.53. The highest BCUT2D eigenvalue weighted by atomic mass is 32.2. The van der Waals surface area contributed by atoms with Gasteiger partial charge in [-0.2, -0.15) is 0 Å². The van der Waals surface area contributed by atoms with E-state index in [-0.39, 0.29) is 35.8 Å². The summed E-state index contributed by atoms with van der Waals surface area (Å²) in [5.74, 6) is -0.510. The zero-order valence-electron chi connectivity index (χ0n) is 29.4. The van der Waals surface area contributed by atoms with Crippen LogP contribution in [0.1, 0.15) is 66.3 Å². The quantitative estimate of drug-likeness (QED) is 0.360. The summed E-state index contributed by atoms with van der Waals surface area (Å²) in [5.41, 5.74) is 2.06. The van der Waals surface area contributed by atoms with Gasteiger partial charge < -0.3 is 25.6 Å². The summed E-state index contributed by atoms with van der Waals surface area (Å²) in [4.78, 5) is 71.9. The van der Waals surface area contributed by atoms with Crippen LogP contribution in [0, 0.1) is 5.92 Å². The Hall–Kier alpha value is -4.56. The first-order chi connectivity index (χ1) is 25.1. The first-order valence-corrected chi connectivity index (χ1v) is 19.7. The highest BCUT2D eigenvalue weighted by Crippen LogP contribution is 2.29. The topological polar surface area (TPSA) is 154 Å². The van der Waals surface area contributed by atoms with Crippen LogP contribution in [0.15, 0.2) is 76.0 Å². The van der Waals surface area contributed by atoms with E-state index in [2.05, 4.69) is 16.0 Å². The summed E-state index contributed by atoms with van der Waals surface area (Å²) in [6.45, 7) is 6.28. The highest BCUT2D eigenvalue weighted by molar-refractivity contribution is 8.14. The van der Waals surface area contributed by atoms with E-state index in [0.29, 0.717) is 41.1 Å². The number of carbonyl (C=O) groups is 4. The molecule has 0 spiro atoms. The van der Waals surface area contributed by atoms with Crippen LogP contribution in [-0.2, 0) is 32.0 Å². The first kappa shape index (κ1) is 35.8. The number of aromatic nitrogens is 1. The molecule has 272 valence electrons. The lowest BCUT2D eigenvalue weighted by Crippen LogP contribution is -2.52. The van der Waals surface area contributed by atoms with Gasteiger partial charge in [0, 0.05) is 24.1 Å². The largest absolute Gasteiger partial charge is 0.474 e. The van der Waals surface area contributed by atoms with Crippen LogP contribution in [0.25, 0.3) is 0 Å². The molecule has 4 aliphatic rings. The molecular formula is C38H43N7O5S2. The van der Waals surface area contributed by atoms with E-state index in [1.807, 2.05) is 74.5 Å². The molecule has 3 N–H and O–H groups in total. The maximum Gasteiger partial charge on any atom is 0.271 e. The molecule has 1 fully saturated rings. The average Bonchev–Trinajstić information content (AvgIpc) is 3.97. The normalized spacial score (nSPS) is 28.2. The first-order valence-electron chi connectivity index (χ1n) is 17.8. The smallest absolute Gasteiger partial charge is 0.271 e. The molecule has 0 unspecified atom stereocenters. The van der Waals surface area contributed by atoms with Gasteiger partial charge in [-0.05, 0) is 43.2 Å². The van der Waals surface area contributed by atoms with Crippen molar-refractivity contribution >= 4 is 57.7 Å². The zero-order chi connectivity index (χ0) is 36.4. The van der Waals surface area contributed by atoms with Crippen LogP contribution in [0.3, 0.4) is 0 Å². The zero-order valence-corrected chi connectivity index (χ0v) is 31.0. The van der Waals surface area contributed by atoms with Gasteiger partial charge in [0.15, 0.2) is 6.04 Å². The van der Waals surface area contributed by atoms with E-state index in [9.17, 15) is 19.2 Å². The highest BCUT2D eigenvalue weighted by Gasteiger charge is 2.44. The Morgan fingerprint density at radius 2 is 1.58 bits per heavy atom. The minimum absolute atomic E-state index is 0.00574. The molecular weight excluding hydrogens is 699 g/mol. The number of nitrogens with zero attached hydrogens (tertiary/aromatic N) is 4. The van der Waals surface area contributed by atoms with Gasteiger partial charge in [-0.3, -0.25) is 24.2 Å². The number of fused-ring (bicyclic) bond motifs is 6. The summed E-state index contributed by atoms with van der Waals surface area (Å²) >= 11 is 2.75. The van der Waals surface area contributed by atoms with Crippen molar-refractivity contribution in [3.8, 4) is 0 Å². The van der Waals surface area contributed by atoms with E-state index in [4.69, 9.17) is 19.7 Å². The predicted molar refractivity (Wildman–Crippen MR) is 201 cm³/mol. The SMILES string of the molecule is CC(C)[C@H]1NC(=O)[C@H]2N=C(O[C@@H]2C)[C@@H]2CCCN2C(=O)[C@H](Cc2ccccc2)NC(=O)c2csc(n2)[C@H](Cc2ccccc2)NC(=O)[C@@H]2CSC1=N2. The predicted octanol–water partition coefficient (Wildman–Crippen LogP) is 3.73. The minimum atomic E-state index is -0.897. The molecule has 4 aliphatic heterocycles. The third-order valence-corrected chi connectivity index (χ3v) is 11.9. The number of hydrogen-bond acceptors (Lipinski definition) is 10. The number of amides is 4. The third kappa shape index (κ3) is 7.77. The minimum Gasteiger partial charge on any atom is -0.474 e.